The average molecular weight is 1910 g/mol. The summed E-state index contributed by atoms with van der Waals surface area (Å²) in [5.41, 5.74) is 3.41. The number of sulfonamides is 1. The SMILES string of the molecule is CCCCCCS(=O)(=O)NCCCCNCc1c(O)cc2c(c1O)-c1cc(ccc1O)[C@H]1CC(=O)[C@@H]3NC(=O)[C@H](CC(=O)NC(=O)CC4CC4)CC(=O)[C@H](NC(=O)[C@H](CC)CC(C)C)[C@H](O)c4ccc(c(Cl)c4)Oc4cc3cc(c4O[C@@H]3O[C@H](CO)[C@@H](O)[C@H](O)[C@H]3O[C@H]3C[C@](C)(N)[C@H](O)[C@H](C)O3)O[C@@H]3CC=C(C=C3Cl)[C@@H](O)[C@H](NC1=O)C(=O)N[C@@H]2C(=O)CC1C2CC3CC(C2)CC1C3. The predicted molar refractivity (Wildman–Crippen MR) is 484 cm³/mol. The van der Waals surface area contributed by atoms with Gasteiger partial charge in [-0.25, -0.2) is 13.1 Å². The highest BCUT2D eigenvalue weighted by Crippen LogP contribution is 2.59. The van der Waals surface area contributed by atoms with Gasteiger partial charge in [0.05, 0.1) is 52.0 Å². The van der Waals surface area contributed by atoms with E-state index in [2.05, 4.69) is 36.6 Å². The van der Waals surface area contributed by atoms with Crippen LogP contribution in [0.2, 0.25) is 5.02 Å². The number of carbonyl (C=O) groups excluding carboxylic acids is 9. The van der Waals surface area contributed by atoms with E-state index in [1.165, 1.54) is 68.5 Å². The number of ketones is 3. The Bertz CT molecular complexity index is 5180. The number of phenolic OH excluding ortho intramolecular Hbond substituents is 3. The summed E-state index contributed by atoms with van der Waals surface area (Å²) in [6, 6.07) is 2.72. The number of aliphatic hydroxyl groups excluding tert-OH is 6. The van der Waals surface area contributed by atoms with Crippen molar-refractivity contribution in [1.29, 1.82) is 0 Å². The zero-order chi connectivity index (χ0) is 95.5. The summed E-state index contributed by atoms with van der Waals surface area (Å²) in [5, 5.41) is 126. The first kappa shape index (κ1) is 100. The summed E-state index contributed by atoms with van der Waals surface area (Å²) in [4.78, 5) is 140. The number of halogens is 2. The summed E-state index contributed by atoms with van der Waals surface area (Å²) in [6.07, 6.45) is -9.48. The van der Waals surface area contributed by atoms with E-state index >= 15 is 28.8 Å². The van der Waals surface area contributed by atoms with Crippen molar-refractivity contribution in [3.8, 4) is 51.4 Å². The van der Waals surface area contributed by atoms with Gasteiger partial charge in [0, 0.05) is 80.6 Å². The summed E-state index contributed by atoms with van der Waals surface area (Å²) in [5.74, 6) is -16.5. The van der Waals surface area contributed by atoms with Crippen molar-refractivity contribution in [1.82, 2.24) is 36.6 Å². The van der Waals surface area contributed by atoms with E-state index in [9.17, 15) is 68.8 Å². The quantitative estimate of drug-likeness (QED) is 0.0221. The fourth-order valence-corrected chi connectivity index (χ4v) is 22.6. The molecule has 2 saturated heterocycles. The molecule has 726 valence electrons. The molecule has 0 unspecified atom stereocenters. The van der Waals surface area contributed by atoms with Gasteiger partial charge in [0.15, 0.2) is 41.2 Å². The summed E-state index contributed by atoms with van der Waals surface area (Å²) >= 11 is 14.7. The highest BCUT2D eigenvalue weighted by Gasteiger charge is 2.54. The second-order valence-corrected chi connectivity index (χ2v) is 41.6. The number of ether oxygens (including phenoxy) is 6. The number of aromatic hydroxyl groups is 3. The molecule has 4 aromatic carbocycles. The third-order valence-corrected chi connectivity index (χ3v) is 30.3. The Hall–Kier alpha value is -8.76. The van der Waals surface area contributed by atoms with Crippen molar-refractivity contribution in [2.45, 2.75) is 292 Å². The molecule has 7 heterocycles. The van der Waals surface area contributed by atoms with Crippen LogP contribution in [0, 0.1) is 53.3 Å². The molecule has 7 fully saturated rings. The van der Waals surface area contributed by atoms with Gasteiger partial charge in [-0.1, -0.05) is 88.4 Å². The maximum Gasteiger partial charge on any atom is 0.246 e. The van der Waals surface area contributed by atoms with Crippen molar-refractivity contribution >= 4 is 86.0 Å². The number of hydrogen-bond acceptors (Lipinski definition) is 28. The van der Waals surface area contributed by atoms with Crippen LogP contribution in [0.3, 0.4) is 0 Å². The number of nitrogens with one attached hydrogen (secondary N) is 7. The molecule has 37 heteroatoms. The van der Waals surface area contributed by atoms with Crippen LogP contribution in [0.25, 0.3) is 11.1 Å². The van der Waals surface area contributed by atoms with E-state index in [0.29, 0.717) is 50.4 Å². The Morgan fingerprint density at radius 2 is 1.44 bits per heavy atom. The van der Waals surface area contributed by atoms with E-state index in [0.717, 1.165) is 63.5 Å². The van der Waals surface area contributed by atoms with Gasteiger partial charge in [0.1, 0.15) is 83.8 Å². The third-order valence-electron chi connectivity index (χ3n) is 28.2. The number of hydrogen-bond donors (Lipinski definition) is 17. The van der Waals surface area contributed by atoms with Crippen LogP contribution in [0.15, 0.2) is 77.4 Å². The molecule has 34 nitrogen and oxygen atoms in total. The number of carbonyl (C=O) groups is 9. The average Bonchev–Trinajstić information content (AvgIpc) is 1.23. The second kappa shape index (κ2) is 42.9. The monoisotopic (exact) mass is 1910 g/mol. The van der Waals surface area contributed by atoms with Gasteiger partial charge in [0.2, 0.25) is 57.5 Å². The molecule has 6 amide bonds. The van der Waals surface area contributed by atoms with Crippen molar-refractivity contribution in [2.24, 2.45) is 59.0 Å². The van der Waals surface area contributed by atoms with Gasteiger partial charge in [-0.3, -0.25) is 48.5 Å². The first-order chi connectivity index (χ1) is 63.3. The first-order valence-corrected chi connectivity index (χ1v) is 49.2. The van der Waals surface area contributed by atoms with E-state index in [-0.39, 0.29) is 147 Å². The number of imide groups is 1. The molecule has 19 atom stereocenters. The third kappa shape index (κ3) is 23.4. The minimum Gasteiger partial charge on any atom is -0.507 e. The van der Waals surface area contributed by atoms with Gasteiger partial charge in [0.25, 0.3) is 0 Å². The molecular formula is C96H126Cl2N8O26S. The first-order valence-electron chi connectivity index (χ1n) is 46.8. The van der Waals surface area contributed by atoms with Gasteiger partial charge < -0.3 is 107 Å². The van der Waals surface area contributed by atoms with Crippen molar-refractivity contribution in [3.63, 3.8) is 0 Å². The minimum absolute atomic E-state index is 0.0260. The maximum atomic E-state index is 17.0. The topological polar surface area (TPSA) is 535 Å². The Morgan fingerprint density at radius 1 is 0.737 bits per heavy atom. The van der Waals surface area contributed by atoms with Crippen LogP contribution in [-0.4, -0.2) is 212 Å². The molecule has 13 aliphatic rings. The normalized spacial score (nSPS) is 31.3. The van der Waals surface area contributed by atoms with Crippen LogP contribution >= 0.6 is 23.2 Å². The lowest BCUT2D eigenvalue weighted by atomic mass is 9.51. The second-order valence-electron chi connectivity index (χ2n) is 38.8. The molecule has 18 N–H and O–H groups in total. The van der Waals surface area contributed by atoms with Crippen molar-refractivity contribution < 1.29 is 126 Å². The fourth-order valence-electron chi connectivity index (χ4n) is 20.9. The Morgan fingerprint density at radius 3 is 2.12 bits per heavy atom. The number of aliphatic hydroxyl groups is 6. The fraction of sp³-hybridized carbons (Fsp3) is 0.615. The molecule has 0 spiro atoms. The zero-order valence-corrected chi connectivity index (χ0v) is 77.9. The van der Waals surface area contributed by atoms with Crippen LogP contribution in [-0.2, 0) is 73.9 Å². The highest BCUT2D eigenvalue weighted by atomic mass is 35.5. The van der Waals surface area contributed by atoms with Crippen molar-refractivity contribution in [2.75, 3.05) is 25.4 Å². The molecule has 0 aromatic heterocycles. The van der Waals surface area contributed by atoms with Crippen LogP contribution in [0.5, 0.6) is 40.2 Å². The summed E-state index contributed by atoms with van der Waals surface area (Å²) in [7, 11) is -3.56. The molecule has 4 aromatic rings. The predicted octanol–water partition coefficient (Wildman–Crippen LogP) is 7.88. The van der Waals surface area contributed by atoms with E-state index in [4.69, 9.17) is 57.4 Å². The molecular weight excluding hydrogens is 1780 g/mol. The lowest BCUT2D eigenvalue weighted by Crippen LogP contribution is -2.64. The molecule has 17 rings (SSSR count). The largest absolute Gasteiger partial charge is 0.507 e. The lowest BCUT2D eigenvalue weighted by Gasteiger charge is -2.54. The molecule has 0 radical (unpaired) electrons. The number of unbranched alkanes of at least 4 members (excludes halogenated alkanes) is 4. The Labute approximate surface area is 782 Å². The number of benzene rings is 4. The minimum atomic E-state index is -3.56. The number of nitrogens with two attached hydrogens (primary N) is 1. The van der Waals surface area contributed by atoms with Gasteiger partial charge in [-0.05, 0) is 215 Å². The lowest BCUT2D eigenvalue weighted by molar-refractivity contribution is -0.333. The molecule has 5 saturated carbocycles. The number of Topliss-reactive ketones (excluding diaryl/α,β-unsaturated/α-hetero) is 3. The van der Waals surface area contributed by atoms with E-state index in [1.54, 1.807) is 6.92 Å². The molecule has 15 bridgehead atoms. The number of fused-ring (bicyclic) bond motifs is 14. The zero-order valence-electron chi connectivity index (χ0n) is 75.6. The molecule has 7 aliphatic heterocycles. The van der Waals surface area contributed by atoms with Crippen molar-refractivity contribution in [3.05, 3.63) is 110 Å². The van der Waals surface area contributed by atoms with E-state index < -0.39 is 238 Å². The molecule has 133 heavy (non-hydrogen) atoms. The Balaban J connectivity index is 0.944. The van der Waals surface area contributed by atoms with Gasteiger partial charge in [-0.15, -0.1) is 0 Å². The van der Waals surface area contributed by atoms with Crippen LogP contribution in [0.4, 0.5) is 0 Å². The smallest absolute Gasteiger partial charge is 0.246 e. The number of rotatable bonds is 30. The van der Waals surface area contributed by atoms with Crippen LogP contribution in [0.1, 0.15) is 235 Å². The highest BCUT2D eigenvalue weighted by molar-refractivity contribution is 7.89. The van der Waals surface area contributed by atoms with Gasteiger partial charge in [-0.2, -0.15) is 0 Å². The maximum absolute atomic E-state index is 17.0. The standard InChI is InChI=1S/C96H126Cl2N8O26S/c1-7-9-10-13-24-133(125,126)101-23-12-11-22-100-43-62-66(109)41-61-78(85(62)117)60-32-51(16-19-65(60)108)59-40-68(111)79-56-36-72(128-70-20-17-52(33-63(70)97)83(115)81(105-91(121)50(8-2)25-45(3)4)67(110)35-57(92(122)103-79)38-76(114)102-75(113)31-47-14-15-47)88(132-95-89(87(119)86(118)74(44-107)130-95)131-77-42-96(6,99)90(120)46(5)127-77)73(37-56)129-71-21-18-53(34-64(71)98)84(116)82(106-93(59)123)94(124)104-80(61)69(112)39-58-54-27-48-26-49(29-54)30-55(58)28-48/h16-20,32-34,36-37,41,45-50,54-55,57-59,71,74,77,79-84,86-87,89-90,95,100-101,107-109,115-120H,7-15,21-31,35,38-40,42-44,99H2,1-6H3,(H,103,122)(H,104,124)(H,105,121)(H,106,123)(H,102,113,114)/t46-,48?,49?,50+,54?,55?,57-,58?,59+,71+,74+,77-,79+,80-,81-,82-,83+,84+,86+,87-,89+,90+,95-,96-/m0/s1. The summed E-state index contributed by atoms with van der Waals surface area (Å²) in [6.45, 7) is 9.68. The molecule has 6 aliphatic carbocycles. The number of amides is 6. The Kier molecular flexibility index (Phi) is 32.3. The van der Waals surface area contributed by atoms with E-state index in [1.807, 2.05) is 20.8 Å². The van der Waals surface area contributed by atoms with Crippen LogP contribution < -0.4 is 56.6 Å². The summed E-state index contributed by atoms with van der Waals surface area (Å²) < 4.78 is 68.0. The van der Waals surface area contributed by atoms with Gasteiger partial charge >= 0.3 is 0 Å². The number of phenols is 3.